The first-order chi connectivity index (χ1) is 7.16. The molecule has 1 heterocycles. The lowest BCUT2D eigenvalue weighted by atomic mass is 10.2. The van der Waals surface area contributed by atoms with Crippen LogP contribution >= 0.6 is 11.6 Å². The SMILES string of the molecule is N=C(N)c1ccc(-n2cc(Cl)cn2)cc1. The van der Waals surface area contributed by atoms with Crippen LogP contribution in [-0.4, -0.2) is 15.6 Å². The molecule has 0 aliphatic rings. The molecule has 0 radical (unpaired) electrons. The topological polar surface area (TPSA) is 67.7 Å². The predicted octanol–water partition coefficient (Wildman–Crippen LogP) is 1.81. The van der Waals surface area contributed by atoms with Gasteiger partial charge in [-0.25, -0.2) is 4.68 Å². The molecule has 0 aliphatic heterocycles. The molecule has 0 fully saturated rings. The van der Waals surface area contributed by atoms with Crippen molar-refractivity contribution in [2.75, 3.05) is 0 Å². The van der Waals surface area contributed by atoms with E-state index in [2.05, 4.69) is 5.10 Å². The second-order valence-corrected chi connectivity index (χ2v) is 3.50. The van der Waals surface area contributed by atoms with Crippen LogP contribution in [0.3, 0.4) is 0 Å². The number of amidine groups is 1. The van der Waals surface area contributed by atoms with Crippen LogP contribution in [0.25, 0.3) is 5.69 Å². The van der Waals surface area contributed by atoms with Crippen molar-refractivity contribution >= 4 is 17.4 Å². The van der Waals surface area contributed by atoms with Gasteiger partial charge >= 0.3 is 0 Å². The van der Waals surface area contributed by atoms with E-state index in [-0.39, 0.29) is 5.84 Å². The summed E-state index contributed by atoms with van der Waals surface area (Å²) in [6.45, 7) is 0. The van der Waals surface area contributed by atoms with E-state index in [1.54, 1.807) is 29.2 Å². The van der Waals surface area contributed by atoms with Gasteiger partial charge in [0.2, 0.25) is 0 Å². The van der Waals surface area contributed by atoms with Gasteiger partial charge in [-0.15, -0.1) is 0 Å². The van der Waals surface area contributed by atoms with Gasteiger partial charge < -0.3 is 5.73 Å². The zero-order chi connectivity index (χ0) is 10.8. The van der Waals surface area contributed by atoms with Gasteiger partial charge in [0.25, 0.3) is 0 Å². The number of nitrogen functional groups attached to an aromatic ring is 1. The van der Waals surface area contributed by atoms with E-state index in [1.165, 1.54) is 0 Å². The minimum absolute atomic E-state index is 0.0556. The molecule has 0 amide bonds. The number of hydrogen-bond donors (Lipinski definition) is 2. The minimum atomic E-state index is 0.0556. The Morgan fingerprint density at radius 1 is 1.33 bits per heavy atom. The first kappa shape index (κ1) is 9.73. The Balaban J connectivity index is 2.35. The third-order valence-corrected chi connectivity index (χ3v) is 2.19. The van der Waals surface area contributed by atoms with Gasteiger partial charge in [0.1, 0.15) is 5.84 Å². The number of nitrogens with one attached hydrogen (secondary N) is 1. The maximum absolute atomic E-state index is 7.25. The van der Waals surface area contributed by atoms with E-state index in [9.17, 15) is 0 Å². The fourth-order valence-corrected chi connectivity index (χ4v) is 1.37. The highest BCUT2D eigenvalue weighted by molar-refractivity contribution is 6.30. The Hall–Kier alpha value is -1.81. The molecular weight excluding hydrogens is 212 g/mol. The Bertz CT molecular complexity index is 486. The first-order valence-corrected chi connectivity index (χ1v) is 4.69. The maximum Gasteiger partial charge on any atom is 0.122 e. The molecule has 0 spiro atoms. The lowest BCUT2D eigenvalue weighted by molar-refractivity contribution is 0.880. The monoisotopic (exact) mass is 220 g/mol. The predicted molar refractivity (Wildman–Crippen MR) is 59.6 cm³/mol. The summed E-state index contributed by atoms with van der Waals surface area (Å²) in [6, 6.07) is 7.21. The number of halogens is 1. The fraction of sp³-hybridized carbons (Fsp3) is 0. The van der Waals surface area contributed by atoms with Crippen molar-refractivity contribution in [1.29, 1.82) is 5.41 Å². The molecule has 15 heavy (non-hydrogen) atoms. The summed E-state index contributed by atoms with van der Waals surface area (Å²) in [5, 5.41) is 11.9. The Morgan fingerprint density at radius 3 is 2.47 bits per heavy atom. The maximum atomic E-state index is 7.25. The van der Waals surface area contributed by atoms with Crippen molar-refractivity contribution in [1.82, 2.24) is 9.78 Å². The summed E-state index contributed by atoms with van der Waals surface area (Å²) in [5.74, 6) is 0.0556. The fourth-order valence-electron chi connectivity index (χ4n) is 1.24. The van der Waals surface area contributed by atoms with Crippen molar-refractivity contribution in [2.24, 2.45) is 5.73 Å². The molecule has 2 aromatic rings. The number of nitrogens with zero attached hydrogens (tertiary/aromatic N) is 2. The van der Waals surface area contributed by atoms with Crippen LogP contribution < -0.4 is 5.73 Å². The van der Waals surface area contributed by atoms with Gasteiger partial charge in [0.15, 0.2) is 0 Å². The summed E-state index contributed by atoms with van der Waals surface area (Å²) >= 11 is 5.75. The van der Waals surface area contributed by atoms with E-state index >= 15 is 0 Å². The van der Waals surface area contributed by atoms with Crippen LogP contribution in [0, 0.1) is 5.41 Å². The number of nitrogens with two attached hydrogens (primary N) is 1. The van der Waals surface area contributed by atoms with Crippen LogP contribution in [-0.2, 0) is 0 Å². The summed E-state index contributed by atoms with van der Waals surface area (Å²) in [4.78, 5) is 0. The minimum Gasteiger partial charge on any atom is -0.384 e. The third kappa shape index (κ3) is 1.99. The summed E-state index contributed by atoms with van der Waals surface area (Å²) in [5.41, 5.74) is 6.92. The first-order valence-electron chi connectivity index (χ1n) is 4.32. The molecular formula is C10H9ClN4. The number of hydrogen-bond acceptors (Lipinski definition) is 2. The average Bonchev–Trinajstić information content (AvgIpc) is 2.65. The van der Waals surface area contributed by atoms with Crippen molar-refractivity contribution < 1.29 is 0 Å². The van der Waals surface area contributed by atoms with Gasteiger partial charge in [-0.1, -0.05) is 11.6 Å². The smallest absolute Gasteiger partial charge is 0.122 e. The van der Waals surface area contributed by atoms with Crippen molar-refractivity contribution in [3.05, 3.63) is 47.2 Å². The highest BCUT2D eigenvalue weighted by Crippen LogP contribution is 2.12. The standard InChI is InChI=1S/C10H9ClN4/c11-8-5-14-15(6-8)9-3-1-7(2-4-9)10(12)13/h1-6H,(H3,12,13). The van der Waals surface area contributed by atoms with Gasteiger partial charge in [-0.3, -0.25) is 5.41 Å². The van der Waals surface area contributed by atoms with E-state index in [0.29, 0.717) is 10.6 Å². The number of rotatable bonds is 2. The van der Waals surface area contributed by atoms with E-state index in [0.717, 1.165) is 5.69 Å². The molecule has 0 unspecified atom stereocenters. The highest BCUT2D eigenvalue weighted by Gasteiger charge is 2.00. The summed E-state index contributed by atoms with van der Waals surface area (Å²) in [6.07, 6.45) is 3.28. The molecule has 0 saturated heterocycles. The molecule has 76 valence electrons. The molecule has 2 rings (SSSR count). The van der Waals surface area contributed by atoms with Crippen LogP contribution in [0.1, 0.15) is 5.56 Å². The number of aromatic nitrogens is 2. The molecule has 5 heteroatoms. The van der Waals surface area contributed by atoms with Gasteiger partial charge in [-0.05, 0) is 24.3 Å². The van der Waals surface area contributed by atoms with Crippen molar-refractivity contribution in [3.63, 3.8) is 0 Å². The molecule has 0 bridgehead atoms. The second kappa shape index (κ2) is 3.74. The van der Waals surface area contributed by atoms with E-state index in [4.69, 9.17) is 22.7 Å². The number of benzene rings is 1. The Morgan fingerprint density at radius 2 is 2.00 bits per heavy atom. The molecule has 4 nitrogen and oxygen atoms in total. The molecule has 1 aromatic carbocycles. The van der Waals surface area contributed by atoms with Gasteiger partial charge in [-0.2, -0.15) is 5.10 Å². The molecule has 0 saturated carbocycles. The average molecular weight is 221 g/mol. The lowest BCUT2D eigenvalue weighted by Crippen LogP contribution is -2.10. The highest BCUT2D eigenvalue weighted by atomic mass is 35.5. The Labute approximate surface area is 91.8 Å². The normalized spacial score (nSPS) is 10.2. The third-order valence-electron chi connectivity index (χ3n) is 1.99. The van der Waals surface area contributed by atoms with Gasteiger partial charge in [0, 0.05) is 11.8 Å². The zero-order valence-electron chi connectivity index (χ0n) is 7.81. The zero-order valence-corrected chi connectivity index (χ0v) is 8.57. The second-order valence-electron chi connectivity index (χ2n) is 3.06. The van der Waals surface area contributed by atoms with Crippen LogP contribution in [0.4, 0.5) is 0 Å². The molecule has 0 atom stereocenters. The van der Waals surface area contributed by atoms with E-state index < -0.39 is 0 Å². The molecule has 3 N–H and O–H groups in total. The quantitative estimate of drug-likeness (QED) is 0.599. The molecule has 1 aromatic heterocycles. The Kier molecular flexibility index (Phi) is 2.43. The summed E-state index contributed by atoms with van der Waals surface area (Å²) in [7, 11) is 0. The van der Waals surface area contributed by atoms with Gasteiger partial charge in [0.05, 0.1) is 16.9 Å². The van der Waals surface area contributed by atoms with Crippen LogP contribution in [0.15, 0.2) is 36.7 Å². The van der Waals surface area contributed by atoms with Crippen molar-refractivity contribution in [2.45, 2.75) is 0 Å². The summed E-state index contributed by atoms with van der Waals surface area (Å²) < 4.78 is 1.66. The van der Waals surface area contributed by atoms with Crippen molar-refractivity contribution in [3.8, 4) is 5.69 Å². The molecule has 0 aliphatic carbocycles. The van der Waals surface area contributed by atoms with E-state index in [1.807, 2.05) is 12.1 Å². The largest absolute Gasteiger partial charge is 0.384 e. The lowest BCUT2D eigenvalue weighted by Gasteiger charge is -2.02. The van der Waals surface area contributed by atoms with Crippen LogP contribution in [0.5, 0.6) is 0 Å². The van der Waals surface area contributed by atoms with Crippen LogP contribution in [0.2, 0.25) is 5.02 Å².